The van der Waals surface area contributed by atoms with Crippen LogP contribution < -0.4 is 0 Å². The topological polar surface area (TPSA) is 124 Å². The quantitative estimate of drug-likeness (QED) is 0.628. The molecule has 0 atom stereocenters. The number of aromatic hydroxyl groups is 1. The number of ketones is 1. The standard InChI is InChI=1S/C13H11N3O4/c1-2-20-11(18)4-3-10(17)12-13(19)8(6-14)5-9(7-15)16-12/h5,19H,2-4H2,1H3. The van der Waals surface area contributed by atoms with Gasteiger partial charge in [-0.05, 0) is 13.0 Å². The third-order valence-electron chi connectivity index (χ3n) is 2.35. The zero-order valence-corrected chi connectivity index (χ0v) is 10.7. The van der Waals surface area contributed by atoms with Crippen molar-refractivity contribution < 1.29 is 19.4 Å². The molecule has 0 spiro atoms. The van der Waals surface area contributed by atoms with Crippen molar-refractivity contribution >= 4 is 11.8 Å². The van der Waals surface area contributed by atoms with E-state index in [-0.39, 0.29) is 36.4 Å². The van der Waals surface area contributed by atoms with Crippen LogP contribution in [0.4, 0.5) is 0 Å². The molecule has 0 saturated carbocycles. The van der Waals surface area contributed by atoms with Gasteiger partial charge in [0.05, 0.1) is 18.6 Å². The highest BCUT2D eigenvalue weighted by atomic mass is 16.5. The molecule has 0 bridgehead atoms. The molecule has 0 unspecified atom stereocenters. The molecule has 7 heteroatoms. The molecular formula is C13H11N3O4. The van der Waals surface area contributed by atoms with Crippen LogP contribution in [0.2, 0.25) is 0 Å². The number of nitrogens with zero attached hydrogens (tertiary/aromatic N) is 3. The van der Waals surface area contributed by atoms with Gasteiger partial charge in [-0.1, -0.05) is 0 Å². The summed E-state index contributed by atoms with van der Waals surface area (Å²) >= 11 is 0. The van der Waals surface area contributed by atoms with Crippen LogP contribution in [-0.4, -0.2) is 28.4 Å². The zero-order valence-electron chi connectivity index (χ0n) is 10.7. The maximum atomic E-state index is 11.9. The summed E-state index contributed by atoms with van der Waals surface area (Å²) in [5.74, 6) is -1.76. The summed E-state index contributed by atoms with van der Waals surface area (Å²) in [5.41, 5.74) is -0.750. The van der Waals surface area contributed by atoms with Crippen LogP contribution in [-0.2, 0) is 9.53 Å². The Kier molecular flexibility index (Phi) is 5.19. The van der Waals surface area contributed by atoms with Gasteiger partial charge in [-0.2, -0.15) is 10.5 Å². The van der Waals surface area contributed by atoms with Gasteiger partial charge in [0.15, 0.2) is 17.2 Å². The Morgan fingerprint density at radius 2 is 2.05 bits per heavy atom. The Bertz CT molecular complexity index is 626. The first-order valence-corrected chi connectivity index (χ1v) is 5.76. The van der Waals surface area contributed by atoms with E-state index in [1.807, 2.05) is 0 Å². The molecule has 1 aromatic heterocycles. The fourth-order valence-corrected chi connectivity index (χ4v) is 1.44. The summed E-state index contributed by atoms with van der Waals surface area (Å²) in [6.07, 6.45) is -0.383. The molecular weight excluding hydrogens is 262 g/mol. The first-order valence-electron chi connectivity index (χ1n) is 5.76. The molecule has 1 rings (SSSR count). The van der Waals surface area contributed by atoms with E-state index in [0.717, 1.165) is 6.07 Å². The van der Waals surface area contributed by atoms with E-state index in [2.05, 4.69) is 9.72 Å². The third-order valence-corrected chi connectivity index (χ3v) is 2.35. The highest BCUT2D eigenvalue weighted by molar-refractivity contribution is 5.98. The van der Waals surface area contributed by atoms with Crippen LogP contribution in [0, 0.1) is 22.7 Å². The second kappa shape index (κ2) is 6.86. The number of pyridine rings is 1. The molecule has 1 N–H and O–H groups in total. The molecule has 7 nitrogen and oxygen atoms in total. The van der Waals surface area contributed by atoms with Crippen molar-refractivity contribution in [2.24, 2.45) is 0 Å². The van der Waals surface area contributed by atoms with Gasteiger partial charge in [0.2, 0.25) is 0 Å². The Morgan fingerprint density at radius 1 is 1.35 bits per heavy atom. The number of rotatable bonds is 5. The minimum atomic E-state index is -0.635. The largest absolute Gasteiger partial charge is 0.504 e. The highest BCUT2D eigenvalue weighted by Crippen LogP contribution is 2.22. The van der Waals surface area contributed by atoms with Crippen molar-refractivity contribution in [3.05, 3.63) is 23.0 Å². The molecule has 0 fully saturated rings. The van der Waals surface area contributed by atoms with Gasteiger partial charge in [0.1, 0.15) is 17.8 Å². The first kappa shape index (κ1) is 15.1. The van der Waals surface area contributed by atoms with Crippen molar-refractivity contribution in [1.29, 1.82) is 10.5 Å². The van der Waals surface area contributed by atoms with Gasteiger partial charge < -0.3 is 9.84 Å². The summed E-state index contributed by atoms with van der Waals surface area (Å²) in [4.78, 5) is 26.7. The van der Waals surface area contributed by atoms with Crippen LogP contribution in [0.15, 0.2) is 6.07 Å². The second-order valence-electron chi connectivity index (χ2n) is 3.70. The van der Waals surface area contributed by atoms with Crippen LogP contribution in [0.5, 0.6) is 5.75 Å². The predicted molar refractivity (Wildman–Crippen MR) is 65.5 cm³/mol. The van der Waals surface area contributed by atoms with Gasteiger partial charge in [-0.25, -0.2) is 4.98 Å². The van der Waals surface area contributed by atoms with E-state index in [4.69, 9.17) is 10.5 Å². The summed E-state index contributed by atoms with van der Waals surface area (Å²) in [6.45, 7) is 1.85. The van der Waals surface area contributed by atoms with E-state index >= 15 is 0 Å². The Hall–Kier alpha value is -2.93. The number of ether oxygens (including phenoxy) is 1. The number of hydrogen-bond acceptors (Lipinski definition) is 7. The highest BCUT2D eigenvalue weighted by Gasteiger charge is 2.19. The summed E-state index contributed by atoms with van der Waals surface area (Å²) < 4.78 is 4.67. The van der Waals surface area contributed by atoms with E-state index in [0.29, 0.717) is 0 Å². The molecule has 1 heterocycles. The van der Waals surface area contributed by atoms with Crippen LogP contribution in [0.25, 0.3) is 0 Å². The van der Waals surface area contributed by atoms with E-state index < -0.39 is 17.5 Å². The lowest BCUT2D eigenvalue weighted by molar-refractivity contribution is -0.143. The molecule has 0 saturated heterocycles. The van der Waals surface area contributed by atoms with Gasteiger partial charge in [-0.15, -0.1) is 0 Å². The molecule has 1 aromatic rings. The Labute approximate surface area is 115 Å². The van der Waals surface area contributed by atoms with E-state index in [9.17, 15) is 14.7 Å². The Balaban J connectivity index is 2.96. The predicted octanol–water partition coefficient (Wildman–Crippen LogP) is 1.06. The second-order valence-corrected chi connectivity index (χ2v) is 3.70. The monoisotopic (exact) mass is 273 g/mol. The lowest BCUT2D eigenvalue weighted by Gasteiger charge is -2.05. The normalized spacial score (nSPS) is 9.35. The maximum Gasteiger partial charge on any atom is 0.306 e. The lowest BCUT2D eigenvalue weighted by atomic mass is 10.1. The van der Waals surface area contributed by atoms with E-state index in [1.165, 1.54) is 0 Å². The molecule has 0 radical (unpaired) electrons. The van der Waals surface area contributed by atoms with E-state index in [1.54, 1.807) is 19.1 Å². The number of Topliss-reactive ketones (excluding diaryl/α,β-unsaturated/α-hetero) is 1. The minimum absolute atomic E-state index is 0.154. The molecule has 102 valence electrons. The fraction of sp³-hybridized carbons (Fsp3) is 0.308. The number of carbonyl (C=O) groups excluding carboxylic acids is 2. The van der Waals surface area contributed by atoms with Gasteiger partial charge in [0, 0.05) is 6.42 Å². The summed E-state index contributed by atoms with van der Waals surface area (Å²) in [7, 11) is 0. The number of esters is 1. The molecule has 0 amide bonds. The molecule has 0 aliphatic carbocycles. The molecule has 20 heavy (non-hydrogen) atoms. The molecule has 0 aliphatic rings. The van der Waals surface area contributed by atoms with Gasteiger partial charge >= 0.3 is 5.97 Å². The van der Waals surface area contributed by atoms with Gasteiger partial charge in [0.25, 0.3) is 0 Å². The van der Waals surface area contributed by atoms with Crippen LogP contribution in [0.1, 0.15) is 41.5 Å². The average molecular weight is 273 g/mol. The van der Waals surface area contributed by atoms with Crippen molar-refractivity contribution in [2.45, 2.75) is 19.8 Å². The number of hydrogen-bond donors (Lipinski definition) is 1. The first-order chi connectivity index (χ1) is 9.53. The Morgan fingerprint density at radius 3 is 2.60 bits per heavy atom. The minimum Gasteiger partial charge on any atom is -0.504 e. The smallest absolute Gasteiger partial charge is 0.306 e. The maximum absolute atomic E-state index is 11.9. The fourth-order valence-electron chi connectivity index (χ4n) is 1.44. The summed E-state index contributed by atoms with van der Waals surface area (Å²) in [6, 6.07) is 4.44. The zero-order chi connectivity index (χ0) is 15.1. The van der Waals surface area contributed by atoms with Crippen LogP contribution in [0.3, 0.4) is 0 Å². The molecule has 0 aliphatic heterocycles. The van der Waals surface area contributed by atoms with Crippen molar-refractivity contribution in [3.8, 4) is 17.9 Å². The van der Waals surface area contributed by atoms with Crippen molar-refractivity contribution in [1.82, 2.24) is 4.98 Å². The third kappa shape index (κ3) is 3.53. The summed E-state index contributed by atoms with van der Waals surface area (Å²) in [5, 5.41) is 27.3. The van der Waals surface area contributed by atoms with Gasteiger partial charge in [-0.3, -0.25) is 9.59 Å². The average Bonchev–Trinajstić information content (AvgIpc) is 2.45. The van der Waals surface area contributed by atoms with Crippen molar-refractivity contribution in [2.75, 3.05) is 6.61 Å². The molecule has 0 aromatic carbocycles. The number of carbonyl (C=O) groups is 2. The SMILES string of the molecule is CCOC(=O)CCC(=O)c1nc(C#N)cc(C#N)c1O. The van der Waals surface area contributed by atoms with Crippen molar-refractivity contribution in [3.63, 3.8) is 0 Å². The lowest BCUT2D eigenvalue weighted by Crippen LogP contribution is -2.10. The number of aromatic nitrogens is 1. The van der Waals surface area contributed by atoms with Crippen LogP contribution >= 0.6 is 0 Å². The number of nitriles is 2.